The molecule has 4 rings (SSSR count). The molecule has 2 aromatic rings. The highest BCUT2D eigenvalue weighted by Gasteiger charge is 2.36. The molecule has 5 nitrogen and oxygen atoms in total. The van der Waals surface area contributed by atoms with Crippen molar-refractivity contribution >= 4 is 23.2 Å². The number of fused-ring (bicyclic) bond motifs is 2. The van der Waals surface area contributed by atoms with Gasteiger partial charge in [0, 0.05) is 18.7 Å². The van der Waals surface area contributed by atoms with Crippen LogP contribution in [0, 0.1) is 5.92 Å². The predicted octanol–water partition coefficient (Wildman–Crippen LogP) is 2.55. The molecule has 2 atom stereocenters. The number of nitrogens with zero attached hydrogens (tertiary/aromatic N) is 5. The number of anilines is 1. The van der Waals surface area contributed by atoms with Crippen LogP contribution >= 0.6 is 11.6 Å². The molecular formula is C13H16ClN5. The van der Waals surface area contributed by atoms with Gasteiger partial charge in [0.05, 0.1) is 0 Å². The minimum atomic E-state index is 0.495. The first-order valence-electron chi connectivity index (χ1n) is 6.96. The molecule has 0 bridgehead atoms. The molecule has 0 amide bonds. The van der Waals surface area contributed by atoms with E-state index in [-0.39, 0.29) is 0 Å². The van der Waals surface area contributed by atoms with Crippen molar-refractivity contribution in [3.05, 3.63) is 17.5 Å². The molecule has 3 heterocycles. The quantitative estimate of drug-likeness (QED) is 0.752. The number of aromatic nitrogens is 4. The topological polar surface area (TPSA) is 46.3 Å². The largest absolute Gasteiger partial charge is 0.353 e. The van der Waals surface area contributed by atoms with Crippen molar-refractivity contribution in [3.8, 4) is 0 Å². The molecule has 2 aliphatic rings. The minimum Gasteiger partial charge on any atom is -0.353 e. The molecule has 0 N–H and O–H groups in total. The third-order valence-electron chi connectivity index (χ3n) is 4.51. The predicted molar refractivity (Wildman–Crippen MR) is 73.5 cm³/mol. The van der Waals surface area contributed by atoms with Crippen molar-refractivity contribution in [3.63, 3.8) is 0 Å². The van der Waals surface area contributed by atoms with Gasteiger partial charge in [0.1, 0.15) is 17.3 Å². The van der Waals surface area contributed by atoms with Crippen molar-refractivity contribution in [2.45, 2.75) is 38.1 Å². The van der Waals surface area contributed by atoms with Crippen molar-refractivity contribution in [2.75, 3.05) is 11.4 Å². The van der Waals surface area contributed by atoms with E-state index in [1.165, 1.54) is 38.4 Å². The Bertz CT molecular complexity index is 610. The van der Waals surface area contributed by atoms with Crippen LogP contribution < -0.4 is 4.90 Å². The smallest absolute Gasteiger partial charge is 0.255 e. The first-order valence-corrected chi connectivity index (χ1v) is 7.33. The standard InChI is InChI=1S/C13H16ClN5/c14-11-7-12(19-13(17-11)15-8-16-19)18-6-5-9-3-1-2-4-10(9)18/h7-10H,1-6H2. The maximum Gasteiger partial charge on any atom is 0.255 e. The van der Waals surface area contributed by atoms with E-state index in [4.69, 9.17) is 11.6 Å². The number of hydrogen-bond acceptors (Lipinski definition) is 4. The highest BCUT2D eigenvalue weighted by Crippen LogP contribution is 2.38. The zero-order chi connectivity index (χ0) is 12.8. The SMILES string of the molecule is Clc1cc(N2CCC3CCCCC32)n2ncnc2n1. The van der Waals surface area contributed by atoms with E-state index in [0.717, 1.165) is 18.3 Å². The summed E-state index contributed by atoms with van der Waals surface area (Å²) in [7, 11) is 0. The lowest BCUT2D eigenvalue weighted by atomic mass is 9.85. The summed E-state index contributed by atoms with van der Waals surface area (Å²) in [6.07, 6.45) is 8.17. The van der Waals surface area contributed by atoms with Gasteiger partial charge in [0.15, 0.2) is 0 Å². The van der Waals surface area contributed by atoms with E-state index >= 15 is 0 Å². The number of rotatable bonds is 1. The summed E-state index contributed by atoms with van der Waals surface area (Å²) < 4.78 is 1.81. The van der Waals surface area contributed by atoms with Crippen molar-refractivity contribution < 1.29 is 0 Å². The molecule has 0 aromatic carbocycles. The lowest BCUT2D eigenvalue weighted by Crippen LogP contribution is -2.36. The van der Waals surface area contributed by atoms with Crippen molar-refractivity contribution in [2.24, 2.45) is 5.92 Å². The average Bonchev–Trinajstić information content (AvgIpc) is 3.03. The zero-order valence-electron chi connectivity index (χ0n) is 10.7. The van der Waals surface area contributed by atoms with Crippen molar-refractivity contribution in [1.29, 1.82) is 0 Å². The monoisotopic (exact) mass is 277 g/mol. The average molecular weight is 278 g/mol. The first kappa shape index (κ1) is 11.5. The molecule has 1 aliphatic heterocycles. The molecule has 0 radical (unpaired) electrons. The van der Waals surface area contributed by atoms with E-state index in [9.17, 15) is 0 Å². The molecule has 2 unspecified atom stereocenters. The highest BCUT2D eigenvalue weighted by atomic mass is 35.5. The number of halogens is 1. The molecule has 2 fully saturated rings. The van der Waals surface area contributed by atoms with Gasteiger partial charge in [-0.3, -0.25) is 0 Å². The summed E-state index contributed by atoms with van der Waals surface area (Å²) in [5.74, 6) is 2.46. The second-order valence-electron chi connectivity index (χ2n) is 5.50. The fourth-order valence-corrected chi connectivity index (χ4v) is 3.84. The van der Waals surface area contributed by atoms with Crippen LogP contribution in [0.15, 0.2) is 12.4 Å². The molecule has 1 saturated heterocycles. The molecule has 1 aliphatic carbocycles. The molecule has 2 aromatic heterocycles. The maximum absolute atomic E-state index is 6.12. The molecule has 0 spiro atoms. The molecule has 100 valence electrons. The van der Waals surface area contributed by atoms with Crippen molar-refractivity contribution in [1.82, 2.24) is 19.6 Å². The summed E-state index contributed by atoms with van der Waals surface area (Å²) in [5, 5.41) is 4.78. The first-order chi connectivity index (χ1) is 9.33. The fraction of sp³-hybridized carbons (Fsp3) is 0.615. The Hall–Kier alpha value is -1.36. The summed E-state index contributed by atoms with van der Waals surface area (Å²) in [5.41, 5.74) is 0. The number of hydrogen-bond donors (Lipinski definition) is 0. The van der Waals surface area contributed by atoms with Gasteiger partial charge in [-0.1, -0.05) is 24.4 Å². The zero-order valence-corrected chi connectivity index (χ0v) is 11.4. The van der Waals surface area contributed by atoms with Crippen LogP contribution in [0.4, 0.5) is 5.82 Å². The van der Waals surface area contributed by atoms with Gasteiger partial charge < -0.3 is 4.90 Å². The fourth-order valence-electron chi connectivity index (χ4n) is 3.66. The van der Waals surface area contributed by atoms with Crippen LogP contribution in [0.2, 0.25) is 5.15 Å². The third kappa shape index (κ3) is 1.79. The lowest BCUT2D eigenvalue weighted by Gasteiger charge is -2.32. The summed E-state index contributed by atoms with van der Waals surface area (Å²) in [6.45, 7) is 1.09. The molecule has 19 heavy (non-hydrogen) atoms. The van der Waals surface area contributed by atoms with Gasteiger partial charge in [-0.15, -0.1) is 0 Å². The van der Waals surface area contributed by atoms with Crippen LogP contribution in [0.5, 0.6) is 0 Å². The second-order valence-corrected chi connectivity index (χ2v) is 5.89. The van der Waals surface area contributed by atoms with E-state index in [2.05, 4.69) is 20.0 Å². The van der Waals surface area contributed by atoms with Crippen LogP contribution in [0.3, 0.4) is 0 Å². The van der Waals surface area contributed by atoms with Crippen LogP contribution in [-0.4, -0.2) is 32.2 Å². The van der Waals surface area contributed by atoms with E-state index < -0.39 is 0 Å². The minimum absolute atomic E-state index is 0.495. The van der Waals surface area contributed by atoms with Gasteiger partial charge in [-0.05, 0) is 25.2 Å². The summed E-state index contributed by atoms with van der Waals surface area (Å²) >= 11 is 6.12. The Morgan fingerprint density at radius 2 is 2.11 bits per heavy atom. The Morgan fingerprint density at radius 1 is 1.21 bits per heavy atom. The van der Waals surface area contributed by atoms with Crippen LogP contribution in [-0.2, 0) is 0 Å². The van der Waals surface area contributed by atoms with Gasteiger partial charge in [-0.2, -0.15) is 19.6 Å². The van der Waals surface area contributed by atoms with Crippen LogP contribution in [0.25, 0.3) is 5.78 Å². The van der Waals surface area contributed by atoms with Gasteiger partial charge in [-0.25, -0.2) is 0 Å². The second kappa shape index (κ2) is 4.34. The Kier molecular flexibility index (Phi) is 2.62. The van der Waals surface area contributed by atoms with E-state index in [1.54, 1.807) is 0 Å². The van der Waals surface area contributed by atoms with Gasteiger partial charge >= 0.3 is 0 Å². The van der Waals surface area contributed by atoms with Crippen LogP contribution in [0.1, 0.15) is 32.1 Å². The molecule has 1 saturated carbocycles. The highest BCUT2D eigenvalue weighted by molar-refractivity contribution is 6.29. The third-order valence-corrected chi connectivity index (χ3v) is 4.70. The van der Waals surface area contributed by atoms with Gasteiger partial charge in [0.2, 0.25) is 0 Å². The summed E-state index contributed by atoms with van der Waals surface area (Å²) in [6, 6.07) is 2.56. The van der Waals surface area contributed by atoms with Gasteiger partial charge in [0.25, 0.3) is 5.78 Å². The van der Waals surface area contributed by atoms with E-state index in [1.807, 2.05) is 10.6 Å². The Morgan fingerprint density at radius 3 is 3.05 bits per heavy atom. The molecular weight excluding hydrogens is 262 g/mol. The summed E-state index contributed by atoms with van der Waals surface area (Å²) in [4.78, 5) is 10.8. The lowest BCUT2D eigenvalue weighted by molar-refractivity contribution is 0.341. The molecule has 6 heteroatoms. The normalized spacial score (nSPS) is 26.9. The Labute approximate surface area is 116 Å². The maximum atomic E-state index is 6.12. The van der Waals surface area contributed by atoms with E-state index in [0.29, 0.717) is 17.0 Å². The Balaban J connectivity index is 1.79.